The third-order valence-corrected chi connectivity index (χ3v) is 28.1. The molecule has 2 bridgehead atoms. The maximum absolute atomic E-state index is 14.8. The van der Waals surface area contributed by atoms with Gasteiger partial charge in [0, 0.05) is 161 Å². The number of hydrogen-bond donors (Lipinski definition) is 6. The standard InChI is InChI=1S/C99H140N16O19/c1-62-16-12-11-13-17-63(2)82(126-8)54-76-26-19-68(7)99(125,134-76)92(122)95(123)114-32-15-14-18-78(114)96(124)132-83(65(4)50-69-22-27-79(117)84(52-69)127-9)55-80(118)64(3)49-67(6)90(121)91(128-10)88(66(5)48-62)108-131-60-75(116)25-21-71-56-102-98(103-57-71)112-40-38-111(39-41-112)85(119)30-44-129-46-42-109-34-36-110(37-35-109)43-47-130-45-31-86(120)113-33-29-72-51-70(20-23-74(72)59-113)58-115-94-87(93(100)104-61-105-94)89(107-115)73-24-28-81-77(53-73)106-97(101)133-81/h11-13,16-17,20,23-24,28,49,51,53,56-57,61-62,64-66,68-69,76,78-80,82-84,90-91,117-118,121,125H,14-15,18-19,21-22,25-27,29-48,50,52,54-55,58-60H2,1-10H3,(H2,101,106)(H2,100,104,105)/b13-11+,16-12+,63-17+,67-49+,108-88?/t62-,64-,65-,66-,68-,69+,76+,78+,79-,80-,82+,83+,84-,90-,91+,99-/m1/s1. The summed E-state index contributed by atoms with van der Waals surface area (Å²) in [7, 11) is 4.62. The van der Waals surface area contributed by atoms with Crippen LogP contribution in [0.25, 0.3) is 33.4 Å². The number of allylic oxidation sites excluding steroid dienone is 5. The number of ketones is 2. The van der Waals surface area contributed by atoms with Crippen LogP contribution in [0.1, 0.15) is 167 Å². The Morgan fingerprint density at radius 2 is 1.44 bits per heavy atom. The second-order valence-corrected chi connectivity index (χ2v) is 37.8. The van der Waals surface area contributed by atoms with Gasteiger partial charge >= 0.3 is 5.97 Å². The predicted octanol–water partition coefficient (Wildman–Crippen LogP) is 8.59. The average Bonchev–Trinajstić information content (AvgIpc) is 1.34. The first-order chi connectivity index (χ1) is 64.5. The molecule has 1 aliphatic carbocycles. The number of benzene rings is 2. The summed E-state index contributed by atoms with van der Waals surface area (Å²) in [5.74, 6) is -6.64. The van der Waals surface area contributed by atoms with Gasteiger partial charge < -0.3 is 93.9 Å². The summed E-state index contributed by atoms with van der Waals surface area (Å²) in [5, 5.41) is 57.7. The highest BCUT2D eigenvalue weighted by atomic mass is 16.6. The zero-order chi connectivity index (χ0) is 95.3. The van der Waals surface area contributed by atoms with Gasteiger partial charge in [0.2, 0.25) is 23.5 Å². The fourth-order valence-corrected chi connectivity index (χ4v) is 19.7. The molecule has 0 unspecified atom stereocenters. The van der Waals surface area contributed by atoms with Crippen molar-refractivity contribution in [2.45, 2.75) is 231 Å². The lowest BCUT2D eigenvalue weighted by Crippen LogP contribution is -2.61. The molecule has 2 aromatic carbocycles. The van der Waals surface area contributed by atoms with E-state index in [9.17, 15) is 49.2 Å². The number of fused-ring (bicyclic) bond motifs is 6. The van der Waals surface area contributed by atoms with Crippen LogP contribution in [0.3, 0.4) is 0 Å². The van der Waals surface area contributed by atoms with Gasteiger partial charge in [0.25, 0.3) is 17.7 Å². The molecular formula is C99H140N16O19. The quantitative estimate of drug-likeness (QED) is 0.00879. The van der Waals surface area contributed by atoms with Gasteiger partial charge in [-0.2, -0.15) is 10.1 Å². The molecule has 0 radical (unpaired) electrons. The second kappa shape index (κ2) is 48.2. The van der Waals surface area contributed by atoms with Crippen molar-refractivity contribution in [3.05, 3.63) is 125 Å². The lowest BCUT2D eigenvalue weighted by Gasteiger charge is -2.43. The van der Waals surface area contributed by atoms with E-state index in [0.29, 0.717) is 194 Å². The van der Waals surface area contributed by atoms with Crippen molar-refractivity contribution >= 4 is 80.9 Å². The molecule has 35 heteroatoms. The summed E-state index contributed by atoms with van der Waals surface area (Å²) in [5.41, 5.74) is 21.2. The van der Waals surface area contributed by atoms with Crippen LogP contribution in [-0.2, 0) is 92.7 Å². The van der Waals surface area contributed by atoms with Crippen molar-refractivity contribution in [1.29, 1.82) is 0 Å². The molecule has 13 rings (SSSR count). The maximum atomic E-state index is 14.8. The number of cyclic esters (lactones) is 1. The number of carbonyl (C=O) groups is 6. The highest BCUT2D eigenvalue weighted by Gasteiger charge is 2.53. The normalized spacial score (nSPS) is 28.7. The van der Waals surface area contributed by atoms with Gasteiger partial charge in [-0.1, -0.05) is 94.4 Å². The number of aliphatic hydroxyl groups excluding tert-OH is 3. The Hall–Kier alpha value is -9.89. The van der Waals surface area contributed by atoms with Gasteiger partial charge in [-0.05, 0) is 160 Å². The van der Waals surface area contributed by atoms with E-state index in [1.165, 1.54) is 23.9 Å². The topological polar surface area (TPSA) is 436 Å². The van der Waals surface area contributed by atoms with Gasteiger partial charge in [-0.3, -0.25) is 33.8 Å². The number of methoxy groups -OCH3 is 3. The maximum Gasteiger partial charge on any atom is 0.329 e. The lowest BCUT2D eigenvalue weighted by atomic mass is 9.78. The Morgan fingerprint density at radius 1 is 0.709 bits per heavy atom. The minimum atomic E-state index is -2.46. The number of hydrogen-bond acceptors (Lipinski definition) is 31. The van der Waals surface area contributed by atoms with E-state index in [1.54, 1.807) is 59.5 Å². The van der Waals surface area contributed by atoms with Gasteiger partial charge in [0.05, 0.1) is 87.4 Å². The van der Waals surface area contributed by atoms with E-state index in [4.69, 9.17) is 59.0 Å². The molecule has 5 fully saturated rings. The number of piperazine rings is 2. The van der Waals surface area contributed by atoms with Crippen LogP contribution in [0.5, 0.6) is 0 Å². The number of carbonyl (C=O) groups excluding carboxylic acids is 6. The second-order valence-electron chi connectivity index (χ2n) is 37.8. The minimum absolute atomic E-state index is 0.0313. The van der Waals surface area contributed by atoms with E-state index in [0.717, 1.165) is 73.5 Å². The molecule has 7 aliphatic rings. The molecule has 16 atom stereocenters. The van der Waals surface area contributed by atoms with E-state index in [2.05, 4.69) is 65.0 Å². The Balaban J connectivity index is 0.532. The van der Waals surface area contributed by atoms with E-state index >= 15 is 0 Å². The molecule has 6 aromatic rings. The fourth-order valence-electron chi connectivity index (χ4n) is 19.7. The van der Waals surface area contributed by atoms with Gasteiger partial charge in [0.1, 0.15) is 47.7 Å². The first-order valence-corrected chi connectivity index (χ1v) is 48.0. The number of nitrogen functional groups attached to an aromatic ring is 2. The van der Waals surface area contributed by atoms with Crippen molar-refractivity contribution in [2.24, 2.45) is 40.7 Å². The Kier molecular flexibility index (Phi) is 36.5. The fraction of sp³-hybridized carbons (Fsp3) is 0.626. The molecule has 3 amide bonds. The van der Waals surface area contributed by atoms with E-state index in [-0.39, 0.29) is 98.6 Å². The zero-order valence-corrected chi connectivity index (χ0v) is 79.6. The number of nitrogens with two attached hydrogens (primary N) is 2. The SMILES string of the molecule is CO[C@H]1C[C@@H]2CC[C@@H](C)[C@@](O)(O2)C(=O)C(=O)N2CCCC[C@H]2C(=O)O[C@H]([C@H](C)C[C@@H]2CC[C@@H](O)[C@H](OC)C2)C[C@@H](O)[C@H](C)/C=C(\C)[C@@H](O)[C@@H](OC)C(=NOCC(=O)CCc2cnc(N3CCN(C(=O)CCOCCN4CCN(CCOCCC(=O)N5CCc6cc(Cn7nc(-c8ccc9oc(N)nc9c8)c8c(N)ncnc87)ccc6C5)CC4)CC3)nc2)[C@H](C)C[C@H](C)/C=C/C=C/C=C/1C. The average molecular weight is 1860 g/mol. The summed E-state index contributed by atoms with van der Waals surface area (Å²) >= 11 is 0. The number of anilines is 3. The zero-order valence-electron chi connectivity index (χ0n) is 79.6. The summed E-state index contributed by atoms with van der Waals surface area (Å²) in [6.45, 7) is 23.5. The summed E-state index contributed by atoms with van der Waals surface area (Å²) in [6, 6.07) is 10.8. The third kappa shape index (κ3) is 26.5. The Labute approximate surface area is 785 Å². The summed E-state index contributed by atoms with van der Waals surface area (Å²) < 4.78 is 49.8. The first kappa shape index (κ1) is 102. The highest BCUT2D eigenvalue weighted by Crippen LogP contribution is 2.40. The Bertz CT molecular complexity index is 5100. The van der Waals surface area contributed by atoms with Crippen LogP contribution in [0.2, 0.25) is 0 Å². The number of Topliss-reactive ketones (excluding diaryl/α,β-unsaturated/α-hetero) is 2. The van der Waals surface area contributed by atoms with Crippen LogP contribution < -0.4 is 16.4 Å². The molecule has 1 saturated carbocycles. The molecule has 35 nitrogen and oxygen atoms in total. The van der Waals surface area contributed by atoms with Crippen molar-refractivity contribution in [3.8, 4) is 11.3 Å². The summed E-state index contributed by atoms with van der Waals surface area (Å²) in [4.78, 5) is 124. The summed E-state index contributed by atoms with van der Waals surface area (Å²) in [6.07, 6.45) is 17.0. The minimum Gasteiger partial charge on any atom is -0.460 e. The Morgan fingerprint density at radius 3 is 2.16 bits per heavy atom. The molecule has 8 N–H and O–H groups in total. The highest BCUT2D eigenvalue weighted by molar-refractivity contribution is 6.39. The van der Waals surface area contributed by atoms with Gasteiger partial charge in [-0.25, -0.2) is 29.4 Å². The number of esters is 1. The van der Waals surface area contributed by atoms with Crippen molar-refractivity contribution in [3.63, 3.8) is 0 Å². The number of aliphatic hydroxyl groups is 4. The molecule has 4 aromatic heterocycles. The number of rotatable bonds is 28. The number of nitrogens with zero attached hydrogens (tertiary/aromatic N) is 14. The van der Waals surface area contributed by atoms with E-state index < -0.39 is 84.1 Å². The largest absolute Gasteiger partial charge is 0.460 e. The number of oxime groups is 1. The number of oxazole rings is 1. The third-order valence-electron chi connectivity index (χ3n) is 28.1. The predicted molar refractivity (Wildman–Crippen MR) is 504 cm³/mol. The number of ether oxygens (including phenoxy) is 7. The van der Waals surface area contributed by atoms with Crippen LogP contribution in [0, 0.1) is 35.5 Å². The molecule has 0 spiro atoms. The number of piperidine rings is 1. The van der Waals surface area contributed by atoms with Gasteiger partial charge in [0.15, 0.2) is 23.6 Å². The molecule has 10 heterocycles. The number of aromatic nitrogens is 7. The molecule has 730 valence electrons. The molecule has 4 saturated heterocycles. The van der Waals surface area contributed by atoms with Crippen LogP contribution in [0.4, 0.5) is 17.8 Å². The van der Waals surface area contributed by atoms with Crippen LogP contribution in [-0.4, -0.2) is 314 Å². The number of aryl methyl sites for hydroxylation is 1. The first-order valence-electron chi connectivity index (χ1n) is 48.0. The molecule has 134 heavy (non-hydrogen) atoms. The van der Waals surface area contributed by atoms with Gasteiger partial charge in [-0.15, -0.1) is 0 Å². The monoisotopic (exact) mass is 1860 g/mol. The van der Waals surface area contributed by atoms with Crippen LogP contribution in [0.15, 0.2) is 112 Å². The molecule has 6 aliphatic heterocycles. The van der Waals surface area contributed by atoms with E-state index in [1.807, 2.05) is 82.7 Å². The van der Waals surface area contributed by atoms with Crippen molar-refractivity contribution < 1.29 is 91.6 Å². The van der Waals surface area contributed by atoms with Crippen LogP contribution >= 0.6 is 0 Å². The smallest absolute Gasteiger partial charge is 0.329 e. The number of amides is 3. The van der Waals surface area contributed by atoms with Crippen molar-refractivity contribution in [2.75, 3.05) is 149 Å². The van der Waals surface area contributed by atoms with Crippen molar-refractivity contribution in [1.82, 2.24) is 59.2 Å². The lowest BCUT2D eigenvalue weighted by molar-refractivity contribution is -0.265. The molecular weight excluding hydrogens is 1720 g/mol.